The standard InChI is InChI=1S/C17H19ClN2O2/c1-20(2)17(22)14-6-3-12(4-7-14)10-19-16-9-13(11-21)5-8-15(16)18/h3-9,19,21H,10-11H2,1-2H3. The minimum absolute atomic E-state index is 0.0156. The van der Waals surface area contributed by atoms with Crippen molar-refractivity contribution in [3.63, 3.8) is 0 Å². The molecule has 22 heavy (non-hydrogen) atoms. The summed E-state index contributed by atoms with van der Waals surface area (Å²) in [5.41, 5.74) is 3.29. The Morgan fingerprint density at radius 1 is 1.14 bits per heavy atom. The van der Waals surface area contributed by atoms with E-state index in [1.165, 1.54) is 0 Å². The summed E-state index contributed by atoms with van der Waals surface area (Å²) in [4.78, 5) is 13.4. The van der Waals surface area contributed by atoms with Crippen LogP contribution in [0.2, 0.25) is 5.02 Å². The lowest BCUT2D eigenvalue weighted by molar-refractivity contribution is 0.0827. The molecule has 0 aliphatic carbocycles. The fraction of sp³-hybridized carbons (Fsp3) is 0.235. The second-order valence-corrected chi connectivity index (χ2v) is 5.63. The first-order valence-corrected chi connectivity index (χ1v) is 7.33. The van der Waals surface area contributed by atoms with E-state index in [0.29, 0.717) is 17.1 Å². The second kappa shape index (κ2) is 7.29. The van der Waals surface area contributed by atoms with Crippen LogP contribution in [0.5, 0.6) is 0 Å². The summed E-state index contributed by atoms with van der Waals surface area (Å²) in [7, 11) is 3.46. The van der Waals surface area contributed by atoms with E-state index in [2.05, 4.69) is 5.32 Å². The van der Waals surface area contributed by atoms with E-state index >= 15 is 0 Å². The van der Waals surface area contributed by atoms with Crippen LogP contribution in [0.4, 0.5) is 5.69 Å². The van der Waals surface area contributed by atoms with E-state index in [9.17, 15) is 4.79 Å². The molecule has 0 atom stereocenters. The Hall–Kier alpha value is -2.04. The van der Waals surface area contributed by atoms with Crippen molar-refractivity contribution in [1.29, 1.82) is 0 Å². The van der Waals surface area contributed by atoms with Crippen molar-refractivity contribution in [2.24, 2.45) is 0 Å². The van der Waals surface area contributed by atoms with Crippen molar-refractivity contribution < 1.29 is 9.90 Å². The van der Waals surface area contributed by atoms with Gasteiger partial charge in [0.25, 0.3) is 5.91 Å². The first-order valence-electron chi connectivity index (χ1n) is 6.95. The van der Waals surface area contributed by atoms with Crippen LogP contribution in [0, 0.1) is 0 Å². The number of anilines is 1. The summed E-state index contributed by atoms with van der Waals surface area (Å²) < 4.78 is 0. The van der Waals surface area contributed by atoms with Gasteiger partial charge in [-0.3, -0.25) is 4.79 Å². The summed E-state index contributed by atoms with van der Waals surface area (Å²) in [6.45, 7) is 0.568. The number of halogens is 1. The predicted octanol–water partition coefficient (Wildman–Crippen LogP) is 3.15. The third-order valence-corrected chi connectivity index (χ3v) is 3.63. The molecular formula is C17H19ClN2O2. The maximum atomic E-state index is 11.8. The minimum Gasteiger partial charge on any atom is -0.392 e. The molecule has 0 aliphatic heterocycles. The highest BCUT2D eigenvalue weighted by molar-refractivity contribution is 6.33. The molecule has 2 rings (SSSR count). The Balaban J connectivity index is 2.04. The summed E-state index contributed by atoms with van der Waals surface area (Å²) in [6.07, 6.45) is 0. The molecule has 116 valence electrons. The van der Waals surface area contributed by atoms with Crippen molar-refractivity contribution >= 4 is 23.2 Å². The average Bonchev–Trinajstić information content (AvgIpc) is 2.54. The fourth-order valence-corrected chi connectivity index (χ4v) is 2.21. The van der Waals surface area contributed by atoms with Gasteiger partial charge in [-0.2, -0.15) is 0 Å². The molecule has 0 aromatic heterocycles. The molecule has 0 radical (unpaired) electrons. The Morgan fingerprint density at radius 2 is 1.77 bits per heavy atom. The number of carbonyl (C=O) groups is 1. The van der Waals surface area contributed by atoms with Crippen LogP contribution in [0.3, 0.4) is 0 Å². The largest absolute Gasteiger partial charge is 0.392 e. The first kappa shape index (κ1) is 16.3. The lowest BCUT2D eigenvalue weighted by Gasteiger charge is -2.12. The van der Waals surface area contributed by atoms with E-state index in [0.717, 1.165) is 16.8 Å². The molecule has 1 amide bonds. The molecule has 0 bridgehead atoms. The monoisotopic (exact) mass is 318 g/mol. The molecule has 0 fully saturated rings. The van der Waals surface area contributed by atoms with E-state index in [1.54, 1.807) is 31.1 Å². The Labute approximate surface area is 135 Å². The highest BCUT2D eigenvalue weighted by Gasteiger charge is 2.07. The molecule has 0 aliphatic rings. The zero-order chi connectivity index (χ0) is 16.1. The van der Waals surface area contributed by atoms with Crippen molar-refractivity contribution in [1.82, 2.24) is 4.90 Å². The smallest absolute Gasteiger partial charge is 0.253 e. The number of hydrogen-bond donors (Lipinski definition) is 2. The molecule has 0 unspecified atom stereocenters. The number of carbonyl (C=O) groups excluding carboxylic acids is 1. The van der Waals surface area contributed by atoms with Gasteiger partial charge < -0.3 is 15.3 Å². The van der Waals surface area contributed by atoms with Gasteiger partial charge in [-0.05, 0) is 35.4 Å². The molecule has 0 saturated carbocycles. The quantitative estimate of drug-likeness (QED) is 0.890. The highest BCUT2D eigenvalue weighted by Crippen LogP contribution is 2.23. The van der Waals surface area contributed by atoms with Gasteiger partial charge in [-0.15, -0.1) is 0 Å². The number of hydrogen-bond acceptors (Lipinski definition) is 3. The SMILES string of the molecule is CN(C)C(=O)c1ccc(CNc2cc(CO)ccc2Cl)cc1. The Kier molecular flexibility index (Phi) is 5.41. The first-order chi connectivity index (χ1) is 10.5. The number of aliphatic hydroxyl groups is 1. The molecule has 0 saturated heterocycles. The molecule has 5 heteroatoms. The van der Waals surface area contributed by atoms with Gasteiger partial charge in [-0.1, -0.05) is 29.8 Å². The Bertz CT molecular complexity index is 654. The third-order valence-electron chi connectivity index (χ3n) is 3.30. The van der Waals surface area contributed by atoms with Gasteiger partial charge >= 0.3 is 0 Å². The van der Waals surface area contributed by atoms with Gasteiger partial charge in [0.15, 0.2) is 0 Å². The van der Waals surface area contributed by atoms with Gasteiger partial charge in [0, 0.05) is 26.2 Å². The summed E-state index contributed by atoms with van der Waals surface area (Å²) >= 11 is 6.13. The topological polar surface area (TPSA) is 52.6 Å². The number of benzene rings is 2. The van der Waals surface area contributed by atoms with Gasteiger partial charge in [0.1, 0.15) is 0 Å². The lowest BCUT2D eigenvalue weighted by atomic mass is 10.1. The predicted molar refractivity (Wildman–Crippen MR) is 89.2 cm³/mol. The van der Waals surface area contributed by atoms with Crippen molar-refractivity contribution in [3.05, 3.63) is 64.2 Å². The minimum atomic E-state index is -0.0206. The molecule has 0 heterocycles. The number of rotatable bonds is 5. The van der Waals surface area contributed by atoms with Crippen molar-refractivity contribution in [2.45, 2.75) is 13.2 Å². The maximum absolute atomic E-state index is 11.8. The second-order valence-electron chi connectivity index (χ2n) is 5.22. The van der Waals surface area contributed by atoms with Crippen molar-refractivity contribution in [3.8, 4) is 0 Å². The highest BCUT2D eigenvalue weighted by atomic mass is 35.5. The van der Waals surface area contributed by atoms with Crippen LogP contribution in [0.15, 0.2) is 42.5 Å². The van der Waals surface area contributed by atoms with Crippen LogP contribution in [0.25, 0.3) is 0 Å². The molecular weight excluding hydrogens is 300 g/mol. The van der Waals surface area contributed by atoms with Gasteiger partial charge in [-0.25, -0.2) is 0 Å². The summed E-state index contributed by atoms with van der Waals surface area (Å²) in [6, 6.07) is 12.8. The number of aliphatic hydroxyl groups excluding tert-OH is 1. The van der Waals surface area contributed by atoms with Crippen LogP contribution in [-0.4, -0.2) is 30.0 Å². The summed E-state index contributed by atoms with van der Waals surface area (Å²) in [5, 5.41) is 13.0. The van der Waals surface area contributed by atoms with E-state index in [1.807, 2.05) is 30.3 Å². The molecule has 2 N–H and O–H groups in total. The zero-order valence-corrected chi connectivity index (χ0v) is 13.4. The number of nitrogens with one attached hydrogen (secondary N) is 1. The Morgan fingerprint density at radius 3 is 2.36 bits per heavy atom. The van der Waals surface area contributed by atoms with E-state index < -0.39 is 0 Å². The molecule has 2 aromatic carbocycles. The maximum Gasteiger partial charge on any atom is 0.253 e. The fourth-order valence-electron chi connectivity index (χ4n) is 2.03. The normalized spacial score (nSPS) is 10.4. The molecule has 2 aromatic rings. The average molecular weight is 319 g/mol. The summed E-state index contributed by atoms with van der Waals surface area (Å²) in [5.74, 6) is -0.0156. The number of amides is 1. The van der Waals surface area contributed by atoms with Crippen LogP contribution in [0.1, 0.15) is 21.5 Å². The van der Waals surface area contributed by atoms with E-state index in [-0.39, 0.29) is 12.5 Å². The molecule has 4 nitrogen and oxygen atoms in total. The number of nitrogens with zero attached hydrogens (tertiary/aromatic N) is 1. The molecule has 0 spiro atoms. The van der Waals surface area contributed by atoms with Crippen LogP contribution < -0.4 is 5.32 Å². The van der Waals surface area contributed by atoms with Crippen molar-refractivity contribution in [2.75, 3.05) is 19.4 Å². The third kappa shape index (κ3) is 4.00. The van der Waals surface area contributed by atoms with Crippen LogP contribution in [-0.2, 0) is 13.2 Å². The van der Waals surface area contributed by atoms with Gasteiger partial charge in [0.05, 0.1) is 17.3 Å². The van der Waals surface area contributed by atoms with E-state index in [4.69, 9.17) is 16.7 Å². The van der Waals surface area contributed by atoms with Crippen LogP contribution >= 0.6 is 11.6 Å². The zero-order valence-electron chi connectivity index (χ0n) is 12.6. The lowest BCUT2D eigenvalue weighted by Crippen LogP contribution is -2.21. The van der Waals surface area contributed by atoms with Gasteiger partial charge in [0.2, 0.25) is 0 Å².